The van der Waals surface area contributed by atoms with Crippen molar-refractivity contribution in [2.24, 2.45) is 0 Å². The SMILES string of the molecule is O=c1nc(Nc2ccc(Oc3ccon3)cc2)n(CC2=CC=C(F)C=CC2)c(=O)n1CC(O)(CO)CO. The number of anilines is 2. The van der Waals surface area contributed by atoms with Crippen molar-refractivity contribution in [1.82, 2.24) is 19.3 Å². The summed E-state index contributed by atoms with van der Waals surface area (Å²) < 4.78 is 25.6. The molecule has 0 bridgehead atoms. The maximum Gasteiger partial charge on any atom is 0.355 e. The Hall–Kier alpha value is -4.33. The summed E-state index contributed by atoms with van der Waals surface area (Å²) in [6.07, 6.45) is 7.37. The Labute approximate surface area is 208 Å². The molecule has 0 saturated carbocycles. The second-order valence-corrected chi connectivity index (χ2v) is 8.29. The van der Waals surface area contributed by atoms with Crippen LogP contribution >= 0.6 is 0 Å². The van der Waals surface area contributed by atoms with Crippen molar-refractivity contribution in [2.45, 2.75) is 25.1 Å². The predicted molar refractivity (Wildman–Crippen MR) is 129 cm³/mol. The second kappa shape index (κ2) is 11.2. The number of hydrogen-bond donors (Lipinski definition) is 4. The van der Waals surface area contributed by atoms with Gasteiger partial charge >= 0.3 is 11.4 Å². The third-order valence-electron chi connectivity index (χ3n) is 5.43. The molecule has 4 rings (SSSR count). The van der Waals surface area contributed by atoms with Crippen LogP contribution in [0.4, 0.5) is 16.0 Å². The molecule has 0 unspecified atom stereocenters. The lowest BCUT2D eigenvalue weighted by atomic mass is 10.1. The van der Waals surface area contributed by atoms with Gasteiger partial charge in [0, 0.05) is 11.8 Å². The molecule has 0 aliphatic heterocycles. The zero-order chi connectivity index (χ0) is 26.4. The molecule has 0 spiro atoms. The Morgan fingerprint density at radius 3 is 2.54 bits per heavy atom. The molecule has 194 valence electrons. The van der Waals surface area contributed by atoms with E-state index in [1.807, 2.05) is 0 Å². The molecule has 2 heterocycles. The normalized spacial score (nSPS) is 13.6. The first-order valence-corrected chi connectivity index (χ1v) is 11.1. The highest BCUT2D eigenvalue weighted by molar-refractivity contribution is 5.55. The summed E-state index contributed by atoms with van der Waals surface area (Å²) in [6, 6.07) is 8.03. The van der Waals surface area contributed by atoms with E-state index in [2.05, 4.69) is 15.5 Å². The maximum atomic E-state index is 13.6. The minimum Gasteiger partial charge on any atom is -0.436 e. The van der Waals surface area contributed by atoms with Gasteiger partial charge in [0.15, 0.2) is 0 Å². The highest BCUT2D eigenvalue weighted by Crippen LogP contribution is 2.23. The van der Waals surface area contributed by atoms with E-state index in [4.69, 9.17) is 9.26 Å². The first kappa shape index (κ1) is 25.8. The molecule has 13 heteroatoms. The topological polar surface area (TPSA) is 165 Å². The number of rotatable bonds is 10. The second-order valence-electron chi connectivity index (χ2n) is 8.29. The van der Waals surface area contributed by atoms with Crippen LogP contribution in [-0.4, -0.2) is 53.4 Å². The number of hydrogen-bond acceptors (Lipinski definition) is 10. The number of aromatic nitrogens is 4. The molecule has 3 aromatic rings. The average Bonchev–Trinajstić information content (AvgIpc) is 3.32. The van der Waals surface area contributed by atoms with Crippen LogP contribution in [0.25, 0.3) is 0 Å². The molecule has 4 N–H and O–H groups in total. The van der Waals surface area contributed by atoms with Crippen LogP contribution in [0.1, 0.15) is 6.42 Å². The van der Waals surface area contributed by atoms with E-state index in [1.54, 1.807) is 30.3 Å². The molecular formula is C24H24FN5O7. The van der Waals surface area contributed by atoms with E-state index in [1.165, 1.54) is 30.6 Å². The lowest BCUT2D eigenvalue weighted by Gasteiger charge is -2.24. The van der Waals surface area contributed by atoms with E-state index < -0.39 is 42.6 Å². The summed E-state index contributed by atoms with van der Waals surface area (Å²) in [6.45, 7) is -2.53. The van der Waals surface area contributed by atoms with E-state index in [0.29, 0.717) is 28.0 Å². The predicted octanol–water partition coefficient (Wildman–Crippen LogP) is 1.38. The number of nitrogens with zero attached hydrogens (tertiary/aromatic N) is 4. The zero-order valence-corrected chi connectivity index (χ0v) is 19.5. The van der Waals surface area contributed by atoms with E-state index in [0.717, 1.165) is 4.57 Å². The molecule has 37 heavy (non-hydrogen) atoms. The van der Waals surface area contributed by atoms with Crippen LogP contribution in [0.3, 0.4) is 0 Å². The third-order valence-corrected chi connectivity index (χ3v) is 5.43. The summed E-state index contributed by atoms with van der Waals surface area (Å²) in [5, 5.41) is 35.7. The molecule has 0 saturated heterocycles. The van der Waals surface area contributed by atoms with Gasteiger partial charge in [0.05, 0.1) is 26.3 Å². The summed E-state index contributed by atoms with van der Waals surface area (Å²) >= 11 is 0. The molecule has 1 aromatic carbocycles. The van der Waals surface area contributed by atoms with Crippen LogP contribution in [0.5, 0.6) is 11.6 Å². The van der Waals surface area contributed by atoms with Crippen molar-refractivity contribution < 1.29 is 29.0 Å². The van der Waals surface area contributed by atoms with Gasteiger partial charge in [0.1, 0.15) is 23.4 Å². The quantitative estimate of drug-likeness (QED) is 0.311. The third kappa shape index (κ3) is 6.27. The Morgan fingerprint density at radius 1 is 1.11 bits per heavy atom. The smallest absolute Gasteiger partial charge is 0.355 e. The van der Waals surface area contributed by atoms with Gasteiger partial charge < -0.3 is 29.9 Å². The molecule has 1 aliphatic carbocycles. The number of aliphatic hydroxyl groups is 3. The lowest BCUT2D eigenvalue weighted by molar-refractivity contribution is -0.0675. The summed E-state index contributed by atoms with van der Waals surface area (Å²) in [5.41, 5.74) is -2.87. The Bertz CT molecular complexity index is 1440. The molecule has 0 radical (unpaired) electrons. The molecular weight excluding hydrogens is 489 g/mol. The fourth-order valence-electron chi connectivity index (χ4n) is 3.42. The van der Waals surface area contributed by atoms with Gasteiger partial charge in [0.2, 0.25) is 5.95 Å². The molecule has 2 aromatic heterocycles. The van der Waals surface area contributed by atoms with Gasteiger partial charge in [-0.1, -0.05) is 12.2 Å². The van der Waals surface area contributed by atoms with Crippen LogP contribution in [0, 0.1) is 0 Å². The van der Waals surface area contributed by atoms with Gasteiger partial charge in [-0.2, -0.15) is 4.98 Å². The Morgan fingerprint density at radius 2 is 1.86 bits per heavy atom. The molecule has 0 fully saturated rings. The number of ether oxygens (including phenoxy) is 1. The van der Waals surface area contributed by atoms with Crippen molar-refractivity contribution in [1.29, 1.82) is 0 Å². The number of aliphatic hydroxyl groups excluding tert-OH is 2. The largest absolute Gasteiger partial charge is 0.436 e. The van der Waals surface area contributed by atoms with Gasteiger partial charge in [-0.25, -0.2) is 18.5 Å². The van der Waals surface area contributed by atoms with Crippen LogP contribution < -0.4 is 21.4 Å². The van der Waals surface area contributed by atoms with Crippen molar-refractivity contribution in [3.63, 3.8) is 0 Å². The fraction of sp³-hybridized carbons (Fsp3) is 0.250. The first-order valence-electron chi connectivity index (χ1n) is 11.1. The fourth-order valence-corrected chi connectivity index (χ4v) is 3.42. The zero-order valence-electron chi connectivity index (χ0n) is 19.5. The minimum atomic E-state index is -2.12. The molecule has 0 atom stereocenters. The number of nitrogens with one attached hydrogen (secondary N) is 1. The van der Waals surface area contributed by atoms with Crippen molar-refractivity contribution in [2.75, 3.05) is 18.5 Å². The van der Waals surface area contributed by atoms with Gasteiger partial charge in [-0.15, -0.1) is 0 Å². The van der Waals surface area contributed by atoms with Crippen molar-refractivity contribution in [3.8, 4) is 11.6 Å². The van der Waals surface area contributed by atoms with E-state index in [9.17, 15) is 29.3 Å². The Kier molecular flexibility index (Phi) is 7.77. The average molecular weight is 513 g/mol. The summed E-state index contributed by atoms with van der Waals surface area (Å²) in [4.78, 5) is 30.1. The minimum absolute atomic E-state index is 0.0629. The number of benzene rings is 1. The summed E-state index contributed by atoms with van der Waals surface area (Å²) in [7, 11) is 0. The van der Waals surface area contributed by atoms with Crippen LogP contribution in [0.15, 0.2) is 86.4 Å². The first-order chi connectivity index (χ1) is 17.8. The highest BCUT2D eigenvalue weighted by Gasteiger charge is 2.28. The van der Waals surface area contributed by atoms with Gasteiger partial charge in [-0.05, 0) is 53.6 Å². The Balaban J connectivity index is 1.69. The van der Waals surface area contributed by atoms with Gasteiger partial charge in [-0.3, -0.25) is 4.57 Å². The van der Waals surface area contributed by atoms with Crippen LogP contribution in [0.2, 0.25) is 0 Å². The number of halogens is 1. The molecule has 12 nitrogen and oxygen atoms in total. The highest BCUT2D eigenvalue weighted by atomic mass is 19.1. The van der Waals surface area contributed by atoms with Crippen molar-refractivity contribution >= 4 is 11.6 Å². The summed E-state index contributed by atoms with van der Waals surface area (Å²) in [5.74, 6) is 0.165. The standard InChI is InChI=1S/C24H24FN5O7/c25-17-3-1-2-16(4-5-17)12-29-21(27-22(33)30(23(29)34)13-24(35,14-31)15-32)26-18-6-8-19(9-7-18)37-20-10-11-36-28-20/h1,3-11,31-32,35H,2,12-15H2,(H,26,27,33). The van der Waals surface area contributed by atoms with Crippen molar-refractivity contribution in [3.05, 3.63) is 93.3 Å². The molecule has 0 amide bonds. The lowest BCUT2D eigenvalue weighted by Crippen LogP contribution is -2.51. The molecule has 1 aliphatic rings. The monoisotopic (exact) mass is 513 g/mol. The van der Waals surface area contributed by atoms with Gasteiger partial charge in [0.25, 0.3) is 5.88 Å². The van der Waals surface area contributed by atoms with E-state index >= 15 is 0 Å². The van der Waals surface area contributed by atoms with E-state index in [-0.39, 0.29) is 18.4 Å². The van der Waals surface area contributed by atoms with Crippen LogP contribution in [-0.2, 0) is 13.1 Å². The maximum absolute atomic E-state index is 13.6. The number of allylic oxidation sites excluding steroid dienone is 6.